The van der Waals surface area contributed by atoms with Crippen LogP contribution in [0.25, 0.3) is 0 Å². The largest absolute Gasteiger partial charge is 0.478 e. The number of carboxylic acids is 1. The zero-order valence-corrected chi connectivity index (χ0v) is 17.0. The third-order valence-electron chi connectivity index (χ3n) is 5.01. The van der Waals surface area contributed by atoms with Gasteiger partial charge < -0.3 is 26.0 Å². The fourth-order valence-corrected chi connectivity index (χ4v) is 3.40. The van der Waals surface area contributed by atoms with Crippen LogP contribution >= 0.6 is 0 Å². The third kappa shape index (κ3) is 5.39. The standard InChI is InChI=1S/C22H24N4O5/c1-14(19(27)24-15-8-3-2-4-9-15)23-20(28)18-12-7-13-26(18)22(31)25-17-11-6-5-10-16(17)21(29)30/h2-6,8-11,14,18H,7,12-13H2,1H3,(H,23,28)(H,24,27)(H,25,31)(H,29,30)/t14-,18-/m0/s1. The number of carbonyl (C=O) groups excluding carboxylic acids is 3. The van der Waals surface area contributed by atoms with E-state index < -0.39 is 30.0 Å². The Morgan fingerprint density at radius 1 is 1.00 bits per heavy atom. The lowest BCUT2D eigenvalue weighted by molar-refractivity contribution is -0.128. The van der Waals surface area contributed by atoms with Gasteiger partial charge in [-0.2, -0.15) is 0 Å². The molecule has 1 aliphatic rings. The summed E-state index contributed by atoms with van der Waals surface area (Å²) in [6.45, 7) is 1.92. The van der Waals surface area contributed by atoms with Crippen molar-refractivity contribution in [3.05, 3.63) is 60.2 Å². The summed E-state index contributed by atoms with van der Waals surface area (Å²) in [5, 5.41) is 17.2. The van der Waals surface area contributed by atoms with Gasteiger partial charge in [0.05, 0.1) is 11.3 Å². The Morgan fingerprint density at radius 3 is 2.39 bits per heavy atom. The molecule has 0 aromatic heterocycles. The predicted molar refractivity (Wildman–Crippen MR) is 115 cm³/mol. The van der Waals surface area contributed by atoms with Crippen molar-refractivity contribution in [2.24, 2.45) is 0 Å². The minimum absolute atomic E-state index is 0.0396. The first-order chi connectivity index (χ1) is 14.9. The molecule has 9 nitrogen and oxygen atoms in total. The highest BCUT2D eigenvalue weighted by Gasteiger charge is 2.35. The summed E-state index contributed by atoms with van der Waals surface area (Å²) in [6, 6.07) is 12.8. The van der Waals surface area contributed by atoms with E-state index in [-0.39, 0.29) is 17.2 Å². The number of para-hydroxylation sites is 2. The van der Waals surface area contributed by atoms with E-state index in [0.29, 0.717) is 25.1 Å². The summed E-state index contributed by atoms with van der Waals surface area (Å²) in [4.78, 5) is 50.5. The van der Waals surface area contributed by atoms with Crippen LogP contribution in [0.4, 0.5) is 16.2 Å². The Bertz CT molecular complexity index is 979. The Balaban J connectivity index is 1.61. The normalized spacial score (nSPS) is 16.3. The van der Waals surface area contributed by atoms with Crippen molar-refractivity contribution < 1.29 is 24.3 Å². The second-order valence-electron chi connectivity index (χ2n) is 7.22. The minimum atomic E-state index is -1.16. The van der Waals surface area contributed by atoms with Gasteiger partial charge in [0, 0.05) is 12.2 Å². The molecule has 0 aliphatic carbocycles. The number of amides is 4. The molecule has 4 amide bonds. The maximum Gasteiger partial charge on any atom is 0.337 e. The van der Waals surface area contributed by atoms with Gasteiger partial charge in [0.2, 0.25) is 11.8 Å². The van der Waals surface area contributed by atoms with Crippen LogP contribution in [0.1, 0.15) is 30.1 Å². The molecule has 1 saturated heterocycles. The van der Waals surface area contributed by atoms with Gasteiger partial charge in [-0.3, -0.25) is 9.59 Å². The van der Waals surface area contributed by atoms with E-state index in [1.54, 1.807) is 43.3 Å². The number of nitrogens with zero attached hydrogens (tertiary/aromatic N) is 1. The average Bonchev–Trinajstić information content (AvgIpc) is 3.25. The molecule has 0 spiro atoms. The number of urea groups is 1. The molecule has 4 N–H and O–H groups in total. The molecule has 2 aromatic rings. The first-order valence-corrected chi connectivity index (χ1v) is 9.93. The second-order valence-corrected chi connectivity index (χ2v) is 7.22. The maximum atomic E-state index is 12.7. The van der Waals surface area contributed by atoms with Gasteiger partial charge in [-0.25, -0.2) is 9.59 Å². The van der Waals surface area contributed by atoms with E-state index >= 15 is 0 Å². The first kappa shape index (κ1) is 21.8. The Labute approximate surface area is 179 Å². The van der Waals surface area contributed by atoms with E-state index in [4.69, 9.17) is 0 Å². The Kier molecular flexibility index (Phi) is 6.86. The van der Waals surface area contributed by atoms with Crippen LogP contribution in [0.5, 0.6) is 0 Å². The lowest BCUT2D eigenvalue weighted by Gasteiger charge is -2.25. The van der Waals surface area contributed by atoms with E-state index in [9.17, 15) is 24.3 Å². The van der Waals surface area contributed by atoms with Crippen LogP contribution in [-0.2, 0) is 9.59 Å². The molecular weight excluding hydrogens is 400 g/mol. The number of nitrogens with one attached hydrogen (secondary N) is 3. The number of likely N-dealkylation sites (tertiary alicyclic amines) is 1. The fraction of sp³-hybridized carbons (Fsp3) is 0.273. The zero-order valence-electron chi connectivity index (χ0n) is 17.0. The molecular formula is C22H24N4O5. The highest BCUT2D eigenvalue weighted by Crippen LogP contribution is 2.21. The summed E-state index contributed by atoms with van der Waals surface area (Å²) in [6.07, 6.45) is 1.07. The summed E-state index contributed by atoms with van der Waals surface area (Å²) in [7, 11) is 0. The highest BCUT2D eigenvalue weighted by molar-refractivity contribution is 6.02. The zero-order chi connectivity index (χ0) is 22.4. The number of aromatic carboxylic acids is 1. The quantitative estimate of drug-likeness (QED) is 0.567. The summed E-state index contributed by atoms with van der Waals surface area (Å²) in [5.74, 6) is -1.97. The summed E-state index contributed by atoms with van der Waals surface area (Å²) in [5.41, 5.74) is 0.733. The number of benzene rings is 2. The molecule has 9 heteroatoms. The molecule has 2 atom stereocenters. The number of anilines is 2. The molecule has 1 aliphatic heterocycles. The Hall–Kier alpha value is -3.88. The van der Waals surface area contributed by atoms with Gasteiger partial charge in [-0.1, -0.05) is 30.3 Å². The molecule has 0 bridgehead atoms. The van der Waals surface area contributed by atoms with Crippen LogP contribution in [-0.4, -0.2) is 52.4 Å². The minimum Gasteiger partial charge on any atom is -0.478 e. The van der Waals surface area contributed by atoms with Crippen molar-refractivity contribution in [2.45, 2.75) is 31.8 Å². The monoisotopic (exact) mass is 424 g/mol. The molecule has 3 rings (SSSR count). The van der Waals surface area contributed by atoms with Gasteiger partial charge in [-0.15, -0.1) is 0 Å². The van der Waals surface area contributed by atoms with Crippen molar-refractivity contribution in [1.29, 1.82) is 0 Å². The lowest BCUT2D eigenvalue weighted by Crippen LogP contribution is -2.51. The first-order valence-electron chi connectivity index (χ1n) is 9.93. The molecule has 31 heavy (non-hydrogen) atoms. The highest BCUT2D eigenvalue weighted by atomic mass is 16.4. The van der Waals surface area contributed by atoms with Gasteiger partial charge in [0.15, 0.2) is 0 Å². The van der Waals surface area contributed by atoms with Crippen molar-refractivity contribution in [1.82, 2.24) is 10.2 Å². The molecule has 0 unspecified atom stereocenters. The molecule has 0 saturated carbocycles. The summed E-state index contributed by atoms with van der Waals surface area (Å²) < 4.78 is 0. The van der Waals surface area contributed by atoms with Gasteiger partial charge >= 0.3 is 12.0 Å². The number of hydrogen-bond acceptors (Lipinski definition) is 4. The van der Waals surface area contributed by atoms with Crippen molar-refractivity contribution in [3.63, 3.8) is 0 Å². The van der Waals surface area contributed by atoms with Crippen LogP contribution in [0.3, 0.4) is 0 Å². The van der Waals surface area contributed by atoms with Crippen LogP contribution in [0, 0.1) is 0 Å². The number of carboxylic acid groups (broad SMARTS) is 1. The van der Waals surface area contributed by atoms with Crippen molar-refractivity contribution in [3.8, 4) is 0 Å². The van der Waals surface area contributed by atoms with E-state index in [1.165, 1.54) is 17.0 Å². The lowest BCUT2D eigenvalue weighted by atomic mass is 10.1. The summed E-state index contributed by atoms with van der Waals surface area (Å²) >= 11 is 0. The smallest absolute Gasteiger partial charge is 0.337 e. The molecule has 162 valence electrons. The number of hydrogen-bond donors (Lipinski definition) is 4. The number of rotatable bonds is 6. The van der Waals surface area contributed by atoms with Gasteiger partial charge in [0.25, 0.3) is 0 Å². The topological polar surface area (TPSA) is 128 Å². The predicted octanol–water partition coefficient (Wildman–Crippen LogP) is 2.52. The second kappa shape index (κ2) is 9.75. The van der Waals surface area contributed by atoms with E-state index in [0.717, 1.165) is 0 Å². The van der Waals surface area contributed by atoms with Crippen LogP contribution < -0.4 is 16.0 Å². The van der Waals surface area contributed by atoms with E-state index in [2.05, 4.69) is 16.0 Å². The van der Waals surface area contributed by atoms with Crippen LogP contribution in [0.2, 0.25) is 0 Å². The van der Waals surface area contributed by atoms with Crippen LogP contribution in [0.15, 0.2) is 54.6 Å². The third-order valence-corrected chi connectivity index (χ3v) is 5.01. The SMILES string of the molecule is C[C@H](NC(=O)[C@@H]1CCCN1C(=O)Nc1ccccc1C(=O)O)C(=O)Nc1ccccc1. The van der Waals surface area contributed by atoms with Crippen molar-refractivity contribution in [2.75, 3.05) is 17.2 Å². The van der Waals surface area contributed by atoms with E-state index in [1.807, 2.05) is 6.07 Å². The molecule has 1 fully saturated rings. The molecule has 2 aromatic carbocycles. The number of carbonyl (C=O) groups is 4. The van der Waals surface area contributed by atoms with Gasteiger partial charge in [0.1, 0.15) is 12.1 Å². The average molecular weight is 424 g/mol. The van der Waals surface area contributed by atoms with Gasteiger partial charge in [-0.05, 0) is 44.0 Å². The molecule has 1 heterocycles. The molecule has 0 radical (unpaired) electrons. The fourth-order valence-electron chi connectivity index (χ4n) is 3.40. The maximum absolute atomic E-state index is 12.7. The Morgan fingerprint density at radius 2 is 1.68 bits per heavy atom. The van der Waals surface area contributed by atoms with Crippen molar-refractivity contribution >= 4 is 35.2 Å².